The Hall–Kier alpha value is -2.28. The maximum absolute atomic E-state index is 12.1. The Morgan fingerprint density at radius 1 is 1.15 bits per heavy atom. The number of halogens is 2. The van der Waals surface area contributed by atoms with Crippen molar-refractivity contribution in [2.24, 2.45) is 0 Å². The predicted octanol–water partition coefficient (Wildman–Crippen LogP) is 4.87. The van der Waals surface area contributed by atoms with Gasteiger partial charge in [-0.2, -0.15) is 0 Å². The number of anilines is 1. The highest BCUT2D eigenvalue weighted by molar-refractivity contribution is 9.10. The van der Waals surface area contributed by atoms with Crippen LogP contribution in [0.15, 0.2) is 63.5 Å². The van der Waals surface area contributed by atoms with Gasteiger partial charge in [0.2, 0.25) is 0 Å². The van der Waals surface area contributed by atoms with Crippen LogP contribution in [0.25, 0.3) is 11.3 Å². The normalized spacial score (nSPS) is 10.6. The highest BCUT2D eigenvalue weighted by Gasteiger charge is 2.11. The Labute approximate surface area is 163 Å². The van der Waals surface area contributed by atoms with Crippen LogP contribution in [0.1, 0.15) is 5.76 Å². The van der Waals surface area contributed by atoms with E-state index < -0.39 is 0 Å². The highest BCUT2D eigenvalue weighted by atomic mass is 79.9. The number of rotatable bonds is 6. The van der Waals surface area contributed by atoms with E-state index in [1.165, 1.54) is 0 Å². The molecule has 0 fully saturated rings. The van der Waals surface area contributed by atoms with E-state index in [1.54, 1.807) is 42.5 Å². The summed E-state index contributed by atoms with van der Waals surface area (Å²) in [5.41, 5.74) is 1.19. The van der Waals surface area contributed by atoms with Gasteiger partial charge in [-0.3, -0.25) is 4.79 Å². The maximum atomic E-state index is 12.1. The Balaban J connectivity index is 1.67. The van der Waals surface area contributed by atoms with E-state index in [9.17, 15) is 4.79 Å². The largest absolute Gasteiger partial charge is 0.484 e. The van der Waals surface area contributed by atoms with E-state index in [1.807, 2.05) is 12.1 Å². The Kier molecular flexibility index (Phi) is 5.98. The Morgan fingerprint density at radius 2 is 1.92 bits per heavy atom. The first kappa shape index (κ1) is 18.5. The van der Waals surface area contributed by atoms with E-state index in [0.29, 0.717) is 28.0 Å². The minimum atomic E-state index is -0.331. The molecule has 0 unspecified atom stereocenters. The van der Waals surface area contributed by atoms with Gasteiger partial charge in [0.25, 0.3) is 5.91 Å². The summed E-state index contributed by atoms with van der Waals surface area (Å²) in [7, 11) is 0. The third-order valence-corrected chi connectivity index (χ3v) is 4.38. The van der Waals surface area contributed by atoms with E-state index in [0.717, 1.165) is 10.0 Å². The molecular weight excluding hydrogens is 422 g/mol. The fourth-order valence-electron chi connectivity index (χ4n) is 2.26. The van der Waals surface area contributed by atoms with Crippen molar-refractivity contribution in [1.29, 1.82) is 0 Å². The lowest BCUT2D eigenvalue weighted by molar-refractivity contribution is -0.118. The van der Waals surface area contributed by atoms with Gasteiger partial charge in [-0.1, -0.05) is 27.5 Å². The fourth-order valence-corrected chi connectivity index (χ4v) is 2.69. The molecule has 1 amide bonds. The molecule has 2 aromatic carbocycles. The molecule has 0 saturated heterocycles. The van der Waals surface area contributed by atoms with Crippen LogP contribution >= 0.6 is 27.5 Å². The number of nitrogens with one attached hydrogen (secondary N) is 1. The Bertz CT molecular complexity index is 908. The first-order valence-electron chi connectivity index (χ1n) is 7.73. The smallest absolute Gasteiger partial charge is 0.262 e. The molecule has 3 aromatic rings. The van der Waals surface area contributed by atoms with Crippen molar-refractivity contribution in [3.05, 3.63) is 69.9 Å². The van der Waals surface area contributed by atoms with Gasteiger partial charge in [0, 0.05) is 10.0 Å². The van der Waals surface area contributed by atoms with Gasteiger partial charge in [-0.05, 0) is 54.6 Å². The third kappa shape index (κ3) is 4.66. The predicted molar refractivity (Wildman–Crippen MR) is 103 cm³/mol. The average molecular weight is 437 g/mol. The number of hydrogen-bond donors (Lipinski definition) is 2. The molecule has 0 radical (unpaired) electrons. The summed E-state index contributed by atoms with van der Waals surface area (Å²) in [5, 5.41) is 12.2. The summed E-state index contributed by atoms with van der Waals surface area (Å²) < 4.78 is 11.9. The van der Waals surface area contributed by atoms with E-state index in [2.05, 4.69) is 21.2 Å². The minimum absolute atomic E-state index is 0.141. The lowest BCUT2D eigenvalue weighted by Gasteiger charge is -2.10. The zero-order valence-corrected chi connectivity index (χ0v) is 15.9. The lowest BCUT2D eigenvalue weighted by Crippen LogP contribution is -2.20. The van der Waals surface area contributed by atoms with E-state index in [4.69, 9.17) is 25.9 Å². The number of carbonyl (C=O) groups is 1. The molecule has 0 aliphatic rings. The third-order valence-electron chi connectivity index (χ3n) is 3.53. The van der Waals surface area contributed by atoms with Crippen LogP contribution in [0.4, 0.5) is 5.69 Å². The van der Waals surface area contributed by atoms with E-state index in [-0.39, 0.29) is 19.1 Å². The molecule has 7 heteroatoms. The molecule has 0 aliphatic carbocycles. The van der Waals surface area contributed by atoms with Gasteiger partial charge in [-0.25, -0.2) is 0 Å². The van der Waals surface area contributed by atoms with Crippen LogP contribution in [0.5, 0.6) is 5.75 Å². The standard InChI is InChI=1S/C19H15BrClNO4/c20-13-2-4-14(5-3-13)25-11-19(24)22-17-9-12(1-7-16(17)21)18-8-6-15(10-23)26-18/h1-9,23H,10-11H2,(H,22,24). The molecule has 1 aromatic heterocycles. The number of aliphatic hydroxyl groups excluding tert-OH is 1. The first-order valence-corrected chi connectivity index (χ1v) is 8.90. The molecule has 26 heavy (non-hydrogen) atoms. The molecule has 0 bridgehead atoms. The highest BCUT2D eigenvalue weighted by Crippen LogP contribution is 2.30. The second kappa shape index (κ2) is 8.40. The molecule has 1 heterocycles. The molecule has 0 atom stereocenters. The number of ether oxygens (including phenoxy) is 1. The van der Waals surface area contributed by atoms with Crippen molar-refractivity contribution in [2.45, 2.75) is 6.61 Å². The molecule has 5 nitrogen and oxygen atoms in total. The molecule has 134 valence electrons. The van der Waals surface area contributed by atoms with Crippen LogP contribution in [-0.4, -0.2) is 17.6 Å². The van der Waals surface area contributed by atoms with Crippen molar-refractivity contribution in [3.63, 3.8) is 0 Å². The number of amides is 1. The van der Waals surface area contributed by atoms with Gasteiger partial charge in [0.05, 0.1) is 10.7 Å². The lowest BCUT2D eigenvalue weighted by atomic mass is 10.1. The van der Waals surface area contributed by atoms with Gasteiger partial charge in [-0.15, -0.1) is 0 Å². The fraction of sp³-hybridized carbons (Fsp3) is 0.105. The maximum Gasteiger partial charge on any atom is 0.262 e. The van der Waals surface area contributed by atoms with Crippen LogP contribution in [-0.2, 0) is 11.4 Å². The van der Waals surface area contributed by atoms with Crippen LogP contribution in [0.2, 0.25) is 5.02 Å². The summed E-state index contributed by atoms with van der Waals surface area (Å²) in [6.07, 6.45) is 0. The minimum Gasteiger partial charge on any atom is -0.484 e. The molecule has 0 saturated carbocycles. The second-order valence-electron chi connectivity index (χ2n) is 5.41. The number of aliphatic hydroxyl groups is 1. The molecular formula is C19H15BrClNO4. The van der Waals surface area contributed by atoms with Crippen molar-refractivity contribution in [1.82, 2.24) is 0 Å². The zero-order chi connectivity index (χ0) is 18.5. The van der Waals surface area contributed by atoms with E-state index >= 15 is 0 Å². The quantitative estimate of drug-likeness (QED) is 0.578. The van der Waals surface area contributed by atoms with Crippen LogP contribution in [0, 0.1) is 0 Å². The monoisotopic (exact) mass is 435 g/mol. The second-order valence-corrected chi connectivity index (χ2v) is 6.73. The molecule has 2 N–H and O–H groups in total. The van der Waals surface area contributed by atoms with Crippen molar-refractivity contribution in [3.8, 4) is 17.1 Å². The summed E-state index contributed by atoms with van der Waals surface area (Å²) in [5.74, 6) is 1.30. The number of hydrogen-bond acceptors (Lipinski definition) is 4. The Morgan fingerprint density at radius 3 is 2.62 bits per heavy atom. The number of furan rings is 1. The van der Waals surface area contributed by atoms with Gasteiger partial charge in [0.15, 0.2) is 6.61 Å². The van der Waals surface area contributed by atoms with Crippen LogP contribution in [0.3, 0.4) is 0 Å². The number of carbonyl (C=O) groups excluding carboxylic acids is 1. The average Bonchev–Trinajstić information content (AvgIpc) is 3.12. The van der Waals surface area contributed by atoms with Crippen molar-refractivity contribution in [2.75, 3.05) is 11.9 Å². The zero-order valence-electron chi connectivity index (χ0n) is 13.5. The summed E-state index contributed by atoms with van der Waals surface area (Å²) in [4.78, 5) is 12.1. The topological polar surface area (TPSA) is 71.7 Å². The SMILES string of the molecule is O=C(COc1ccc(Br)cc1)Nc1cc(-c2ccc(CO)o2)ccc1Cl. The van der Waals surface area contributed by atoms with Gasteiger partial charge in [0.1, 0.15) is 23.9 Å². The molecule has 0 spiro atoms. The molecule has 3 rings (SSSR count). The van der Waals surface area contributed by atoms with Crippen LogP contribution < -0.4 is 10.1 Å². The first-order chi connectivity index (χ1) is 12.5. The van der Waals surface area contributed by atoms with Gasteiger partial charge < -0.3 is 19.6 Å². The van der Waals surface area contributed by atoms with Crippen molar-refractivity contribution < 1.29 is 19.1 Å². The summed E-state index contributed by atoms with van der Waals surface area (Å²) in [6, 6.07) is 15.8. The van der Waals surface area contributed by atoms with Crippen molar-refractivity contribution >= 4 is 39.1 Å². The molecule has 0 aliphatic heterocycles. The van der Waals surface area contributed by atoms with Gasteiger partial charge >= 0.3 is 0 Å². The number of benzene rings is 2. The summed E-state index contributed by atoms with van der Waals surface area (Å²) >= 11 is 9.50. The summed E-state index contributed by atoms with van der Waals surface area (Å²) in [6.45, 7) is -0.317.